The Balaban J connectivity index is 2.05. The molecule has 0 saturated heterocycles. The molecule has 0 fully saturated rings. The van der Waals surface area contributed by atoms with E-state index in [4.69, 9.17) is 0 Å². The van der Waals surface area contributed by atoms with Crippen LogP contribution in [0.2, 0.25) is 0 Å². The molecule has 3 aromatic rings. The molecule has 0 amide bonds. The van der Waals surface area contributed by atoms with Crippen molar-refractivity contribution in [2.45, 2.75) is 12.1 Å². The van der Waals surface area contributed by atoms with Crippen molar-refractivity contribution in [1.29, 1.82) is 0 Å². The zero-order valence-electron chi connectivity index (χ0n) is 12.8. The van der Waals surface area contributed by atoms with Crippen molar-refractivity contribution in [3.8, 4) is 22.5 Å². The molecular weight excluding hydrogens is 304 g/mol. The molecule has 2 aromatic carbocycles. The molecule has 0 saturated carbocycles. The van der Waals surface area contributed by atoms with Gasteiger partial charge in [0.25, 0.3) is 0 Å². The summed E-state index contributed by atoms with van der Waals surface area (Å²) >= 11 is 1.37. The lowest BCUT2D eigenvalue weighted by atomic mass is 10.1. The van der Waals surface area contributed by atoms with Gasteiger partial charge in [-0.3, -0.25) is 4.79 Å². The van der Waals surface area contributed by atoms with E-state index in [2.05, 4.69) is 9.97 Å². The molecule has 3 rings (SSSR count). The van der Waals surface area contributed by atoms with E-state index in [0.717, 1.165) is 22.5 Å². The summed E-state index contributed by atoms with van der Waals surface area (Å²) in [5.41, 5.74) is 3.81. The smallest absolute Gasteiger partial charge is 0.189 e. The van der Waals surface area contributed by atoms with Crippen LogP contribution < -0.4 is 0 Å². The van der Waals surface area contributed by atoms with Crippen LogP contribution >= 0.6 is 11.8 Å². The predicted molar refractivity (Wildman–Crippen MR) is 94.3 cm³/mol. The Hall–Kier alpha value is -2.46. The van der Waals surface area contributed by atoms with Crippen molar-refractivity contribution in [2.24, 2.45) is 0 Å². The Kier molecular flexibility index (Phi) is 4.83. The van der Waals surface area contributed by atoms with E-state index in [1.807, 2.05) is 66.7 Å². The summed E-state index contributed by atoms with van der Waals surface area (Å²) in [6.07, 6.45) is 0. The molecule has 1 heterocycles. The number of nitrogens with zero attached hydrogens (tertiary/aromatic N) is 2. The third kappa shape index (κ3) is 4.05. The zero-order valence-corrected chi connectivity index (χ0v) is 13.6. The second kappa shape index (κ2) is 7.20. The van der Waals surface area contributed by atoms with E-state index in [1.54, 1.807) is 6.92 Å². The number of hydrogen-bond acceptors (Lipinski definition) is 4. The average Bonchev–Trinajstić information content (AvgIpc) is 2.61. The van der Waals surface area contributed by atoms with Crippen LogP contribution in [-0.2, 0) is 4.79 Å². The van der Waals surface area contributed by atoms with E-state index < -0.39 is 0 Å². The number of rotatable bonds is 5. The maximum Gasteiger partial charge on any atom is 0.189 e. The van der Waals surface area contributed by atoms with Gasteiger partial charge in [0.1, 0.15) is 5.78 Å². The molecule has 0 unspecified atom stereocenters. The number of ketones is 1. The number of hydrogen-bond donors (Lipinski definition) is 0. The number of thioether (sulfide) groups is 1. The molecule has 0 radical (unpaired) electrons. The summed E-state index contributed by atoms with van der Waals surface area (Å²) in [4.78, 5) is 20.5. The van der Waals surface area contributed by atoms with Crippen LogP contribution in [0.15, 0.2) is 71.9 Å². The zero-order chi connectivity index (χ0) is 16.1. The molecule has 0 N–H and O–H groups in total. The lowest BCUT2D eigenvalue weighted by Gasteiger charge is -2.08. The van der Waals surface area contributed by atoms with Gasteiger partial charge in [-0.05, 0) is 13.0 Å². The van der Waals surface area contributed by atoms with Gasteiger partial charge in [0.2, 0.25) is 0 Å². The highest BCUT2D eigenvalue weighted by Crippen LogP contribution is 2.26. The van der Waals surface area contributed by atoms with Crippen LogP contribution in [0.4, 0.5) is 0 Å². The highest BCUT2D eigenvalue weighted by Gasteiger charge is 2.09. The summed E-state index contributed by atoms with van der Waals surface area (Å²) in [5, 5.41) is 0.625. The summed E-state index contributed by atoms with van der Waals surface area (Å²) in [7, 11) is 0. The van der Waals surface area contributed by atoms with Crippen molar-refractivity contribution < 1.29 is 4.79 Å². The predicted octanol–water partition coefficient (Wildman–Crippen LogP) is 4.49. The number of aromatic nitrogens is 2. The number of benzene rings is 2. The fourth-order valence-electron chi connectivity index (χ4n) is 2.17. The Labute approximate surface area is 139 Å². The lowest BCUT2D eigenvalue weighted by molar-refractivity contribution is -0.114. The topological polar surface area (TPSA) is 42.9 Å². The van der Waals surface area contributed by atoms with Crippen LogP contribution in [-0.4, -0.2) is 21.5 Å². The summed E-state index contributed by atoms with van der Waals surface area (Å²) < 4.78 is 0. The van der Waals surface area contributed by atoms with Crippen molar-refractivity contribution >= 4 is 17.5 Å². The monoisotopic (exact) mass is 320 g/mol. The second-order valence-electron chi connectivity index (χ2n) is 5.14. The van der Waals surface area contributed by atoms with E-state index >= 15 is 0 Å². The normalized spacial score (nSPS) is 10.5. The van der Waals surface area contributed by atoms with E-state index in [-0.39, 0.29) is 5.78 Å². The maximum atomic E-state index is 11.3. The van der Waals surface area contributed by atoms with Gasteiger partial charge in [0, 0.05) is 11.1 Å². The van der Waals surface area contributed by atoms with Gasteiger partial charge in [-0.1, -0.05) is 72.4 Å². The largest absolute Gasteiger partial charge is 0.299 e. The maximum absolute atomic E-state index is 11.3. The Morgan fingerprint density at radius 3 is 1.78 bits per heavy atom. The number of carbonyl (C=O) groups excluding carboxylic acids is 1. The molecule has 0 bridgehead atoms. The van der Waals surface area contributed by atoms with Gasteiger partial charge in [0.05, 0.1) is 17.1 Å². The Morgan fingerprint density at radius 2 is 1.35 bits per heavy atom. The average molecular weight is 320 g/mol. The fraction of sp³-hybridized carbons (Fsp3) is 0.105. The standard InChI is InChI=1S/C19H16N2OS/c1-14(22)13-23-19-20-17(15-8-4-2-5-9-15)12-18(21-19)16-10-6-3-7-11-16/h2-12H,13H2,1H3. The van der Waals surface area contributed by atoms with Crippen molar-refractivity contribution in [1.82, 2.24) is 9.97 Å². The molecule has 0 aliphatic heterocycles. The first-order valence-corrected chi connectivity index (χ1v) is 8.33. The Morgan fingerprint density at radius 1 is 0.870 bits per heavy atom. The van der Waals surface area contributed by atoms with Crippen molar-refractivity contribution in [2.75, 3.05) is 5.75 Å². The SMILES string of the molecule is CC(=O)CSc1nc(-c2ccccc2)cc(-c2ccccc2)n1. The number of Topliss-reactive ketones (excluding diaryl/α,β-unsaturated/α-hetero) is 1. The fourth-order valence-corrected chi connectivity index (χ4v) is 2.83. The first-order chi connectivity index (χ1) is 11.2. The molecular formula is C19H16N2OS. The number of carbonyl (C=O) groups is 1. The van der Waals surface area contributed by atoms with E-state index in [1.165, 1.54) is 11.8 Å². The van der Waals surface area contributed by atoms with Gasteiger partial charge >= 0.3 is 0 Å². The first kappa shape index (κ1) is 15.4. The minimum Gasteiger partial charge on any atom is -0.299 e. The van der Waals surface area contributed by atoms with Gasteiger partial charge in [0.15, 0.2) is 5.16 Å². The quantitative estimate of drug-likeness (QED) is 0.513. The molecule has 0 spiro atoms. The molecule has 3 nitrogen and oxygen atoms in total. The summed E-state index contributed by atoms with van der Waals surface area (Å²) in [6.45, 7) is 1.58. The van der Waals surface area contributed by atoms with Gasteiger partial charge < -0.3 is 0 Å². The molecule has 0 atom stereocenters. The lowest BCUT2D eigenvalue weighted by Crippen LogP contribution is -1.98. The molecule has 1 aromatic heterocycles. The highest BCUT2D eigenvalue weighted by atomic mass is 32.2. The van der Waals surface area contributed by atoms with Crippen LogP contribution in [0.3, 0.4) is 0 Å². The summed E-state index contributed by atoms with van der Waals surface area (Å²) in [5.74, 6) is 0.497. The minimum absolute atomic E-state index is 0.116. The molecule has 114 valence electrons. The third-order valence-electron chi connectivity index (χ3n) is 3.25. The van der Waals surface area contributed by atoms with Gasteiger partial charge in [-0.15, -0.1) is 0 Å². The second-order valence-corrected chi connectivity index (χ2v) is 6.09. The van der Waals surface area contributed by atoms with Crippen molar-refractivity contribution in [3.63, 3.8) is 0 Å². The van der Waals surface area contributed by atoms with Crippen molar-refractivity contribution in [3.05, 3.63) is 66.7 Å². The van der Waals surface area contributed by atoms with Gasteiger partial charge in [-0.25, -0.2) is 9.97 Å². The van der Waals surface area contributed by atoms with Crippen LogP contribution in [0.1, 0.15) is 6.92 Å². The minimum atomic E-state index is 0.116. The summed E-state index contributed by atoms with van der Waals surface area (Å²) in [6, 6.07) is 22.0. The molecule has 0 aliphatic carbocycles. The Bertz CT molecular complexity index is 746. The van der Waals surface area contributed by atoms with Gasteiger partial charge in [-0.2, -0.15) is 0 Å². The van der Waals surface area contributed by atoms with E-state index in [9.17, 15) is 4.79 Å². The first-order valence-electron chi connectivity index (χ1n) is 7.34. The third-order valence-corrected chi connectivity index (χ3v) is 4.24. The van der Waals surface area contributed by atoms with E-state index in [0.29, 0.717) is 10.9 Å². The van der Waals surface area contributed by atoms with Crippen LogP contribution in [0, 0.1) is 0 Å². The highest BCUT2D eigenvalue weighted by molar-refractivity contribution is 7.99. The van der Waals surface area contributed by atoms with Crippen LogP contribution in [0.5, 0.6) is 0 Å². The molecule has 23 heavy (non-hydrogen) atoms. The molecule has 0 aliphatic rings. The molecule has 4 heteroatoms. The van der Waals surface area contributed by atoms with Crippen LogP contribution in [0.25, 0.3) is 22.5 Å².